The highest BCUT2D eigenvalue weighted by Gasteiger charge is 2.52. The van der Waals surface area contributed by atoms with Gasteiger partial charge in [-0.05, 0) is 43.5 Å². The third-order valence-corrected chi connectivity index (χ3v) is 5.56. The van der Waals surface area contributed by atoms with Gasteiger partial charge in [-0.3, -0.25) is 4.79 Å². The summed E-state index contributed by atoms with van der Waals surface area (Å²) >= 11 is 9.78. The van der Waals surface area contributed by atoms with Crippen LogP contribution in [0.25, 0.3) is 0 Å². The molecule has 5 atom stereocenters. The number of rotatable bonds is 14. The van der Waals surface area contributed by atoms with Crippen molar-refractivity contribution in [2.75, 3.05) is 51.5 Å². The molecule has 2 rings (SSSR count). The molecule has 0 aliphatic carbocycles. The Morgan fingerprint density at radius 3 is 2.59 bits per heavy atom. The summed E-state index contributed by atoms with van der Waals surface area (Å²) in [5.74, 6) is -0.966. The molecule has 1 aromatic heterocycles. The molecule has 0 bridgehead atoms. The first-order valence-electron chi connectivity index (χ1n) is 11.5. The quantitative estimate of drug-likeness (QED) is 0.0977. The smallest absolute Gasteiger partial charge is 0.217 e. The fourth-order valence-corrected chi connectivity index (χ4v) is 3.80. The standard InChI is InChI=1S/C22H33N5O8S2/c1-14(29)25-20-19(31)18(30)15(12-28)35-22(20,2)34-11-10-33-9-8-32-7-6-23-21(37)27-17-5-3-4-16(26-17)24-13-36/h3-5,15,18-20,28,30-31H,6-12H2,1-2H3,(H,25,29)(H2,23,26,27,37)/t15?,18-,19-,20?,22-/m0/s1. The summed E-state index contributed by atoms with van der Waals surface area (Å²) < 4.78 is 22.4. The fourth-order valence-electron chi connectivity index (χ4n) is 3.50. The van der Waals surface area contributed by atoms with Gasteiger partial charge in [0, 0.05) is 13.5 Å². The highest BCUT2D eigenvalue weighted by molar-refractivity contribution is 7.80. The van der Waals surface area contributed by atoms with E-state index in [1.54, 1.807) is 18.2 Å². The molecule has 15 heteroatoms. The summed E-state index contributed by atoms with van der Waals surface area (Å²) in [6.07, 6.45) is -3.84. The normalized spacial score (nSPS) is 25.1. The number of amides is 1. The monoisotopic (exact) mass is 559 g/mol. The summed E-state index contributed by atoms with van der Waals surface area (Å²) in [5, 5.41) is 41.0. The van der Waals surface area contributed by atoms with Gasteiger partial charge >= 0.3 is 0 Å². The molecule has 37 heavy (non-hydrogen) atoms. The van der Waals surface area contributed by atoms with Crippen LogP contribution in [0.3, 0.4) is 0 Å². The highest BCUT2D eigenvalue weighted by atomic mass is 32.1. The maximum Gasteiger partial charge on any atom is 0.217 e. The zero-order valence-electron chi connectivity index (χ0n) is 20.6. The third-order valence-electron chi connectivity index (χ3n) is 5.22. The fraction of sp³-hybridized carbons (Fsp3) is 0.636. The third kappa shape index (κ3) is 10.2. The molecule has 1 aromatic rings. The summed E-state index contributed by atoms with van der Waals surface area (Å²) in [6, 6.07) is 4.15. The number of isothiocyanates is 1. The Morgan fingerprint density at radius 2 is 1.92 bits per heavy atom. The maximum absolute atomic E-state index is 11.6. The van der Waals surface area contributed by atoms with Crippen LogP contribution in [-0.4, -0.2) is 113 Å². The number of aromatic nitrogens is 1. The van der Waals surface area contributed by atoms with Crippen molar-refractivity contribution in [3.8, 4) is 0 Å². The number of aliphatic hydroxyl groups is 3. The second-order valence-corrected chi connectivity index (χ2v) is 8.64. The van der Waals surface area contributed by atoms with E-state index < -0.39 is 42.7 Å². The van der Waals surface area contributed by atoms with Gasteiger partial charge in [0.15, 0.2) is 16.7 Å². The number of hydrogen-bond acceptors (Lipinski definition) is 12. The molecule has 206 valence electrons. The van der Waals surface area contributed by atoms with Crippen molar-refractivity contribution < 1.29 is 39.1 Å². The van der Waals surface area contributed by atoms with Crippen molar-refractivity contribution in [1.82, 2.24) is 15.6 Å². The zero-order chi connectivity index (χ0) is 27.3. The van der Waals surface area contributed by atoms with Gasteiger partial charge in [0.1, 0.15) is 30.2 Å². The predicted octanol–water partition coefficient (Wildman–Crippen LogP) is -0.514. The SMILES string of the molecule is CC(=O)NC1[C@@H](O)[C@@H](O)C(CO)O[C@]1(C)OCCOCCOCCNC(=S)Nc1cccc(N=C=S)n1. The molecule has 6 N–H and O–H groups in total. The molecular formula is C22H33N5O8S2. The van der Waals surface area contributed by atoms with Crippen LogP contribution in [0.4, 0.5) is 11.6 Å². The minimum atomic E-state index is -1.48. The molecule has 1 amide bonds. The molecule has 1 aliphatic rings. The van der Waals surface area contributed by atoms with Crippen molar-refractivity contribution >= 4 is 52.3 Å². The van der Waals surface area contributed by atoms with Crippen LogP contribution in [-0.2, 0) is 23.7 Å². The Kier molecular flexibility index (Phi) is 13.4. The molecule has 13 nitrogen and oxygen atoms in total. The molecular weight excluding hydrogens is 526 g/mol. The van der Waals surface area contributed by atoms with E-state index in [1.807, 2.05) is 0 Å². The van der Waals surface area contributed by atoms with Gasteiger partial charge in [-0.25, -0.2) is 4.98 Å². The molecule has 1 aliphatic heterocycles. The number of ether oxygens (including phenoxy) is 4. The molecule has 1 saturated heterocycles. The van der Waals surface area contributed by atoms with E-state index >= 15 is 0 Å². The van der Waals surface area contributed by atoms with Gasteiger partial charge in [0.05, 0.1) is 44.8 Å². The lowest BCUT2D eigenvalue weighted by atomic mass is 9.91. The topological polar surface area (TPSA) is 176 Å². The van der Waals surface area contributed by atoms with Gasteiger partial charge in [0.25, 0.3) is 0 Å². The van der Waals surface area contributed by atoms with Crippen molar-refractivity contribution in [3.05, 3.63) is 18.2 Å². The number of pyridine rings is 1. The lowest BCUT2D eigenvalue weighted by Gasteiger charge is -2.48. The lowest BCUT2D eigenvalue weighted by molar-refractivity contribution is -0.329. The number of aliphatic imine (C=N–C) groups is 1. The minimum Gasteiger partial charge on any atom is -0.394 e. The van der Waals surface area contributed by atoms with Crippen molar-refractivity contribution in [1.29, 1.82) is 0 Å². The Morgan fingerprint density at radius 1 is 1.22 bits per heavy atom. The summed E-state index contributed by atoms with van der Waals surface area (Å²) in [6.45, 7) is 4.00. The second-order valence-electron chi connectivity index (χ2n) is 8.05. The molecule has 0 radical (unpaired) electrons. The second kappa shape index (κ2) is 15.9. The van der Waals surface area contributed by atoms with Gasteiger partial charge in [-0.2, -0.15) is 4.99 Å². The maximum atomic E-state index is 11.6. The van der Waals surface area contributed by atoms with Gasteiger partial charge in [0.2, 0.25) is 5.91 Å². The Labute approximate surface area is 225 Å². The minimum absolute atomic E-state index is 0.0695. The van der Waals surface area contributed by atoms with Gasteiger partial charge < -0.3 is 50.2 Å². The first kappa shape index (κ1) is 31.1. The molecule has 0 saturated carbocycles. The molecule has 2 heterocycles. The number of aliphatic hydroxyl groups excluding tert-OH is 3. The van der Waals surface area contributed by atoms with Crippen LogP contribution in [0.1, 0.15) is 13.8 Å². The Hall–Kier alpha value is -2.17. The molecule has 2 unspecified atom stereocenters. The summed E-state index contributed by atoms with van der Waals surface area (Å²) in [4.78, 5) is 19.6. The van der Waals surface area contributed by atoms with E-state index in [4.69, 9.17) is 31.2 Å². The number of hydrogen-bond donors (Lipinski definition) is 6. The number of nitrogens with zero attached hydrogens (tertiary/aromatic N) is 2. The average Bonchev–Trinajstić information content (AvgIpc) is 2.85. The average molecular weight is 560 g/mol. The van der Waals surface area contributed by atoms with E-state index in [0.717, 1.165) is 0 Å². The molecule has 1 fully saturated rings. The van der Waals surface area contributed by atoms with Crippen LogP contribution >= 0.6 is 24.4 Å². The van der Waals surface area contributed by atoms with Crippen molar-refractivity contribution in [3.63, 3.8) is 0 Å². The number of anilines is 1. The van der Waals surface area contributed by atoms with E-state index in [0.29, 0.717) is 43.1 Å². The van der Waals surface area contributed by atoms with E-state index in [1.165, 1.54) is 13.8 Å². The highest BCUT2D eigenvalue weighted by Crippen LogP contribution is 2.31. The first-order chi connectivity index (χ1) is 17.7. The zero-order valence-corrected chi connectivity index (χ0v) is 22.2. The van der Waals surface area contributed by atoms with E-state index in [2.05, 4.69) is 43.3 Å². The molecule has 0 spiro atoms. The van der Waals surface area contributed by atoms with E-state index in [9.17, 15) is 20.1 Å². The van der Waals surface area contributed by atoms with E-state index in [-0.39, 0.29) is 13.2 Å². The number of thiocarbonyl (C=S) groups is 2. The summed E-state index contributed by atoms with van der Waals surface area (Å²) in [5.41, 5.74) is 0. The largest absolute Gasteiger partial charge is 0.394 e. The number of carbonyl (C=O) groups is 1. The number of nitrogens with one attached hydrogen (secondary N) is 3. The predicted molar refractivity (Wildman–Crippen MR) is 141 cm³/mol. The van der Waals surface area contributed by atoms with Crippen molar-refractivity contribution in [2.45, 2.75) is 44.0 Å². The van der Waals surface area contributed by atoms with Gasteiger partial charge in [-0.1, -0.05) is 6.07 Å². The Balaban J connectivity index is 1.60. The Bertz CT molecular complexity index is 938. The van der Waals surface area contributed by atoms with Crippen LogP contribution < -0.4 is 16.0 Å². The van der Waals surface area contributed by atoms with Crippen LogP contribution in [0, 0.1) is 0 Å². The summed E-state index contributed by atoms with van der Waals surface area (Å²) in [7, 11) is 0. The lowest BCUT2D eigenvalue weighted by Crippen LogP contribution is -2.70. The van der Waals surface area contributed by atoms with Crippen LogP contribution in [0.5, 0.6) is 0 Å². The first-order valence-corrected chi connectivity index (χ1v) is 12.3. The van der Waals surface area contributed by atoms with Crippen LogP contribution in [0.2, 0.25) is 0 Å². The van der Waals surface area contributed by atoms with Gasteiger partial charge in [-0.15, -0.1) is 0 Å². The molecule has 0 aromatic carbocycles. The van der Waals surface area contributed by atoms with Crippen molar-refractivity contribution in [2.24, 2.45) is 4.99 Å². The van der Waals surface area contributed by atoms with Crippen LogP contribution in [0.15, 0.2) is 23.2 Å². The number of carbonyl (C=O) groups excluding carboxylic acids is 1.